The number of aliphatic hydroxyl groups is 1. The van der Waals surface area contributed by atoms with E-state index in [0.29, 0.717) is 6.41 Å². The molecule has 0 bridgehead atoms. The van der Waals surface area contributed by atoms with Gasteiger partial charge in [-0.1, -0.05) is 12.1 Å². The van der Waals surface area contributed by atoms with Crippen LogP contribution >= 0.6 is 0 Å². The van der Waals surface area contributed by atoms with Crippen molar-refractivity contribution in [2.24, 2.45) is 0 Å². The van der Waals surface area contributed by atoms with Crippen LogP contribution in [-0.2, 0) is 20.7 Å². The Hall–Kier alpha value is -2.48. The Balaban J connectivity index is 3.37. The van der Waals surface area contributed by atoms with Gasteiger partial charge in [0.1, 0.15) is 5.76 Å². The maximum Gasteiger partial charge on any atom is 0.337 e. The van der Waals surface area contributed by atoms with Gasteiger partial charge in [-0.3, -0.25) is 10.2 Å². The van der Waals surface area contributed by atoms with E-state index in [1.54, 1.807) is 0 Å². The summed E-state index contributed by atoms with van der Waals surface area (Å²) < 4.78 is 31.8. The number of amides is 1. The van der Waals surface area contributed by atoms with Crippen LogP contribution < -0.4 is 5.43 Å². The molecule has 0 aliphatic rings. The Labute approximate surface area is 138 Å². The summed E-state index contributed by atoms with van der Waals surface area (Å²) in [6.45, 7) is 3.06. The number of aliphatic hydroxyl groups excluding tert-OH is 1. The molecule has 1 rings (SSSR count). The van der Waals surface area contributed by atoms with E-state index in [1.165, 1.54) is 38.0 Å². The summed E-state index contributed by atoms with van der Waals surface area (Å²) in [5.74, 6) is -3.49. The average molecular weight is 342 g/mol. The van der Waals surface area contributed by atoms with Gasteiger partial charge in [0.15, 0.2) is 11.6 Å². The first-order chi connectivity index (χ1) is 11.2. The molecule has 0 saturated heterocycles. The molecule has 1 aromatic rings. The number of ether oxygens (including phenoxy) is 1. The first-order valence-electron chi connectivity index (χ1n) is 7.04. The minimum Gasteiger partial charge on any atom is -0.510 e. The van der Waals surface area contributed by atoms with Gasteiger partial charge < -0.3 is 9.84 Å². The van der Waals surface area contributed by atoms with Crippen molar-refractivity contribution in [2.75, 3.05) is 14.2 Å². The van der Waals surface area contributed by atoms with Crippen LogP contribution in [0.15, 0.2) is 29.5 Å². The van der Waals surface area contributed by atoms with E-state index in [9.17, 15) is 23.5 Å². The fraction of sp³-hybridized carbons (Fsp3) is 0.375. The lowest BCUT2D eigenvalue weighted by Crippen LogP contribution is -2.51. The van der Waals surface area contributed by atoms with E-state index < -0.39 is 28.9 Å². The number of halogens is 2. The number of esters is 1. The van der Waals surface area contributed by atoms with Gasteiger partial charge in [-0.25, -0.2) is 18.6 Å². The van der Waals surface area contributed by atoms with Crippen molar-refractivity contribution in [1.29, 1.82) is 0 Å². The number of nitrogens with zero attached hydrogens (tertiary/aromatic N) is 1. The molecule has 1 amide bonds. The van der Waals surface area contributed by atoms with Crippen LogP contribution in [0, 0.1) is 11.6 Å². The van der Waals surface area contributed by atoms with Crippen molar-refractivity contribution >= 4 is 12.4 Å². The summed E-state index contributed by atoms with van der Waals surface area (Å²) in [5, 5.41) is 11.8. The molecular weight excluding hydrogens is 322 g/mol. The van der Waals surface area contributed by atoms with Gasteiger partial charge in [0.2, 0.25) is 6.41 Å². The molecule has 24 heavy (non-hydrogen) atoms. The summed E-state index contributed by atoms with van der Waals surface area (Å²) in [6.07, 6.45) is 0.0273. The Morgan fingerprint density at radius 2 is 2.04 bits per heavy atom. The SMILES string of the molecule is COC(=O)/C(Cc1cccc(F)c1F)=C(\O)C(C)(C)N(C)NC=O. The normalized spacial score (nSPS) is 12.6. The number of hydrazine groups is 1. The van der Waals surface area contributed by atoms with Crippen LogP contribution in [0.4, 0.5) is 8.78 Å². The van der Waals surface area contributed by atoms with Crippen molar-refractivity contribution in [3.05, 3.63) is 46.7 Å². The second-order valence-electron chi connectivity index (χ2n) is 5.57. The smallest absolute Gasteiger partial charge is 0.337 e. The van der Waals surface area contributed by atoms with Gasteiger partial charge in [0, 0.05) is 13.5 Å². The third kappa shape index (κ3) is 4.08. The number of nitrogens with one attached hydrogen (secondary N) is 1. The number of hydrogen-bond acceptors (Lipinski definition) is 5. The van der Waals surface area contributed by atoms with Gasteiger partial charge in [-0.15, -0.1) is 0 Å². The molecule has 132 valence electrons. The molecule has 6 nitrogen and oxygen atoms in total. The van der Waals surface area contributed by atoms with E-state index in [2.05, 4.69) is 10.2 Å². The van der Waals surface area contributed by atoms with Gasteiger partial charge >= 0.3 is 5.97 Å². The monoisotopic (exact) mass is 342 g/mol. The van der Waals surface area contributed by atoms with E-state index in [0.717, 1.165) is 13.2 Å². The van der Waals surface area contributed by atoms with Crippen LogP contribution in [-0.4, -0.2) is 42.2 Å². The highest BCUT2D eigenvalue weighted by Crippen LogP contribution is 2.26. The molecule has 8 heteroatoms. The number of carbonyl (C=O) groups is 2. The number of hydrogen-bond donors (Lipinski definition) is 2. The second-order valence-corrected chi connectivity index (χ2v) is 5.57. The summed E-state index contributed by atoms with van der Waals surface area (Å²) in [4.78, 5) is 22.6. The fourth-order valence-electron chi connectivity index (χ4n) is 2.02. The summed E-state index contributed by atoms with van der Waals surface area (Å²) in [5.41, 5.74) is 0.784. The Morgan fingerprint density at radius 3 is 2.58 bits per heavy atom. The molecule has 0 aliphatic heterocycles. The molecule has 0 unspecified atom stereocenters. The molecule has 0 aliphatic carbocycles. The quantitative estimate of drug-likeness (QED) is 0.260. The zero-order valence-electron chi connectivity index (χ0n) is 13.9. The van der Waals surface area contributed by atoms with Crippen LogP contribution in [0.2, 0.25) is 0 Å². The maximum absolute atomic E-state index is 13.9. The van der Waals surface area contributed by atoms with Crippen LogP contribution in [0.1, 0.15) is 19.4 Å². The highest BCUT2D eigenvalue weighted by atomic mass is 19.2. The largest absolute Gasteiger partial charge is 0.510 e. The first-order valence-corrected chi connectivity index (χ1v) is 7.04. The van der Waals surface area contributed by atoms with Crippen molar-refractivity contribution in [3.8, 4) is 0 Å². The molecule has 1 aromatic carbocycles. The van der Waals surface area contributed by atoms with Crippen molar-refractivity contribution in [2.45, 2.75) is 25.8 Å². The minimum absolute atomic E-state index is 0.108. The van der Waals surface area contributed by atoms with E-state index in [4.69, 9.17) is 0 Å². The third-order valence-electron chi connectivity index (χ3n) is 3.78. The van der Waals surface area contributed by atoms with Crippen molar-refractivity contribution in [3.63, 3.8) is 0 Å². The van der Waals surface area contributed by atoms with Gasteiger partial charge in [-0.2, -0.15) is 0 Å². The molecule has 2 N–H and O–H groups in total. The molecule has 0 fully saturated rings. The number of benzene rings is 1. The van der Waals surface area contributed by atoms with Crippen LogP contribution in [0.3, 0.4) is 0 Å². The van der Waals surface area contributed by atoms with E-state index in [1.807, 2.05) is 0 Å². The second kappa shape index (κ2) is 7.87. The van der Waals surface area contributed by atoms with Gasteiger partial charge in [0.25, 0.3) is 0 Å². The summed E-state index contributed by atoms with van der Waals surface area (Å²) >= 11 is 0. The summed E-state index contributed by atoms with van der Waals surface area (Å²) in [6, 6.07) is 3.55. The zero-order valence-corrected chi connectivity index (χ0v) is 13.9. The standard InChI is InChI=1S/C16H20F2N2O4/c1-16(2,20(3)19-9-21)14(22)11(15(23)24-4)8-10-6-5-7-12(17)13(10)18/h5-7,9,22H,8H2,1-4H3,(H,19,21)/b14-11-. The Kier molecular flexibility index (Phi) is 6.42. The lowest BCUT2D eigenvalue weighted by Gasteiger charge is -2.34. The predicted molar refractivity (Wildman–Crippen MR) is 82.8 cm³/mol. The van der Waals surface area contributed by atoms with Crippen molar-refractivity contribution < 1.29 is 28.2 Å². The average Bonchev–Trinajstić information content (AvgIpc) is 2.55. The highest BCUT2D eigenvalue weighted by molar-refractivity contribution is 5.89. The topological polar surface area (TPSA) is 78.9 Å². The maximum atomic E-state index is 13.9. The molecular formula is C16H20F2N2O4. The lowest BCUT2D eigenvalue weighted by atomic mass is 9.93. The third-order valence-corrected chi connectivity index (χ3v) is 3.78. The number of methoxy groups -OCH3 is 1. The van der Waals surface area contributed by atoms with Crippen molar-refractivity contribution in [1.82, 2.24) is 10.4 Å². The lowest BCUT2D eigenvalue weighted by molar-refractivity contribution is -0.136. The van der Waals surface area contributed by atoms with E-state index >= 15 is 0 Å². The predicted octanol–water partition coefficient (Wildman–Crippen LogP) is 1.86. The first kappa shape index (κ1) is 19.6. The van der Waals surface area contributed by atoms with Gasteiger partial charge in [0.05, 0.1) is 18.2 Å². The molecule has 0 saturated carbocycles. The Morgan fingerprint density at radius 1 is 1.42 bits per heavy atom. The fourth-order valence-corrected chi connectivity index (χ4v) is 2.02. The highest BCUT2D eigenvalue weighted by Gasteiger charge is 2.34. The molecule has 0 heterocycles. The number of likely N-dealkylation sites (N-methyl/N-ethyl adjacent to an activating group) is 1. The molecule has 0 aromatic heterocycles. The zero-order chi connectivity index (χ0) is 18.5. The van der Waals surface area contributed by atoms with E-state index in [-0.39, 0.29) is 17.6 Å². The Bertz CT molecular complexity index is 659. The van der Waals surface area contributed by atoms with Crippen LogP contribution in [0.5, 0.6) is 0 Å². The van der Waals surface area contributed by atoms with Gasteiger partial charge in [-0.05, 0) is 25.5 Å². The summed E-state index contributed by atoms with van der Waals surface area (Å²) in [7, 11) is 2.58. The minimum atomic E-state index is -1.20. The number of rotatable bonds is 7. The molecule has 0 radical (unpaired) electrons. The van der Waals surface area contributed by atoms with Crippen LogP contribution in [0.25, 0.3) is 0 Å². The number of carbonyl (C=O) groups excluding carboxylic acids is 2. The molecule has 0 spiro atoms. The molecule has 0 atom stereocenters.